The highest BCUT2D eigenvalue weighted by Crippen LogP contribution is 2.15. The maximum Gasteiger partial charge on any atom is 0.226 e. The number of aliphatic hydroxyl groups is 1. The van der Waals surface area contributed by atoms with Crippen LogP contribution in [0.15, 0.2) is 12.3 Å². The monoisotopic (exact) mass is 257 g/mol. The Labute approximate surface area is 106 Å². The number of aromatic nitrogens is 2. The van der Waals surface area contributed by atoms with Crippen LogP contribution >= 0.6 is 11.8 Å². The van der Waals surface area contributed by atoms with Gasteiger partial charge in [-0.3, -0.25) is 0 Å². The van der Waals surface area contributed by atoms with Crippen molar-refractivity contribution in [3.8, 4) is 5.88 Å². The average Bonchev–Trinajstić information content (AvgIpc) is 2.31. The lowest BCUT2D eigenvalue weighted by Crippen LogP contribution is -2.31. The number of hydrogen-bond acceptors (Lipinski definition) is 6. The van der Waals surface area contributed by atoms with Gasteiger partial charge in [0.2, 0.25) is 11.8 Å². The molecule has 1 rings (SSSR count). The summed E-state index contributed by atoms with van der Waals surface area (Å²) in [5, 5.41) is 12.5. The van der Waals surface area contributed by atoms with Crippen molar-refractivity contribution in [2.24, 2.45) is 0 Å². The van der Waals surface area contributed by atoms with E-state index in [1.807, 2.05) is 20.1 Å². The number of rotatable bonds is 7. The van der Waals surface area contributed by atoms with Gasteiger partial charge in [-0.1, -0.05) is 0 Å². The first-order valence-corrected chi connectivity index (χ1v) is 6.86. The van der Waals surface area contributed by atoms with E-state index in [2.05, 4.69) is 15.3 Å². The molecule has 0 aromatic carbocycles. The molecule has 0 radical (unpaired) electrons. The Morgan fingerprint density at radius 3 is 2.94 bits per heavy atom. The van der Waals surface area contributed by atoms with Crippen LogP contribution < -0.4 is 10.1 Å². The van der Waals surface area contributed by atoms with Crippen LogP contribution in [0.25, 0.3) is 0 Å². The van der Waals surface area contributed by atoms with Gasteiger partial charge in [-0.15, -0.1) is 0 Å². The summed E-state index contributed by atoms with van der Waals surface area (Å²) in [6.45, 7) is 4.61. The fourth-order valence-electron chi connectivity index (χ4n) is 1.37. The lowest BCUT2D eigenvalue weighted by atomic mass is 10.2. The standard InChI is InChI=1S/C11H19N3O2S/c1-4-16-10-5-6-12-11(14-10)13-8(2)9(7-15)17-3/h5-6,8-9,15H,4,7H2,1-3H3,(H,12,13,14). The van der Waals surface area contributed by atoms with Crippen molar-refractivity contribution in [1.29, 1.82) is 0 Å². The van der Waals surface area contributed by atoms with Crippen LogP contribution in [-0.4, -0.2) is 45.8 Å². The van der Waals surface area contributed by atoms with E-state index in [1.54, 1.807) is 24.0 Å². The van der Waals surface area contributed by atoms with Gasteiger partial charge >= 0.3 is 0 Å². The number of nitrogens with one attached hydrogen (secondary N) is 1. The summed E-state index contributed by atoms with van der Waals surface area (Å²) in [5.41, 5.74) is 0. The fourth-order valence-corrected chi connectivity index (χ4v) is 2.00. The molecule has 0 bridgehead atoms. The number of aliphatic hydroxyl groups excluding tert-OH is 1. The molecule has 0 saturated carbocycles. The predicted molar refractivity (Wildman–Crippen MR) is 70.7 cm³/mol. The molecule has 2 atom stereocenters. The smallest absolute Gasteiger partial charge is 0.226 e. The molecule has 0 amide bonds. The summed E-state index contributed by atoms with van der Waals surface area (Å²) < 4.78 is 5.30. The highest BCUT2D eigenvalue weighted by molar-refractivity contribution is 7.99. The van der Waals surface area contributed by atoms with E-state index in [4.69, 9.17) is 4.74 Å². The van der Waals surface area contributed by atoms with E-state index in [0.29, 0.717) is 18.4 Å². The van der Waals surface area contributed by atoms with Gasteiger partial charge in [0.25, 0.3) is 0 Å². The highest BCUT2D eigenvalue weighted by Gasteiger charge is 2.15. The third-order valence-electron chi connectivity index (χ3n) is 2.32. The molecule has 1 aromatic heterocycles. The Morgan fingerprint density at radius 2 is 2.35 bits per heavy atom. The largest absolute Gasteiger partial charge is 0.478 e. The van der Waals surface area contributed by atoms with Crippen LogP contribution in [-0.2, 0) is 0 Å². The van der Waals surface area contributed by atoms with Crippen LogP contribution in [0.4, 0.5) is 5.95 Å². The predicted octanol–water partition coefficient (Wildman–Crippen LogP) is 1.40. The minimum Gasteiger partial charge on any atom is -0.478 e. The van der Waals surface area contributed by atoms with Crippen LogP contribution in [0.1, 0.15) is 13.8 Å². The van der Waals surface area contributed by atoms with Gasteiger partial charge in [-0.25, -0.2) is 4.98 Å². The first-order chi connectivity index (χ1) is 8.21. The second kappa shape index (κ2) is 7.34. The van der Waals surface area contributed by atoms with Crippen molar-refractivity contribution in [3.63, 3.8) is 0 Å². The van der Waals surface area contributed by atoms with Crippen molar-refractivity contribution in [1.82, 2.24) is 9.97 Å². The zero-order chi connectivity index (χ0) is 12.7. The second-order valence-corrected chi connectivity index (χ2v) is 4.62. The Hall–Kier alpha value is -1.01. The third kappa shape index (κ3) is 4.40. The molecule has 2 N–H and O–H groups in total. The molecule has 0 saturated heterocycles. The highest BCUT2D eigenvalue weighted by atomic mass is 32.2. The van der Waals surface area contributed by atoms with Gasteiger partial charge in [0, 0.05) is 23.6 Å². The van der Waals surface area contributed by atoms with Gasteiger partial charge in [0.05, 0.1) is 13.2 Å². The third-order valence-corrected chi connectivity index (χ3v) is 3.48. The molecular weight excluding hydrogens is 238 g/mol. The molecule has 0 aliphatic heterocycles. The molecule has 0 aliphatic carbocycles. The number of nitrogens with zero attached hydrogens (tertiary/aromatic N) is 2. The van der Waals surface area contributed by atoms with E-state index < -0.39 is 0 Å². The van der Waals surface area contributed by atoms with Gasteiger partial charge in [-0.2, -0.15) is 16.7 Å². The fraction of sp³-hybridized carbons (Fsp3) is 0.636. The minimum atomic E-state index is 0.0897. The van der Waals surface area contributed by atoms with Gasteiger partial charge in [-0.05, 0) is 20.1 Å². The molecular formula is C11H19N3O2S. The molecule has 1 heterocycles. The van der Waals surface area contributed by atoms with E-state index in [9.17, 15) is 5.11 Å². The molecule has 2 unspecified atom stereocenters. The summed E-state index contributed by atoms with van der Waals surface area (Å²) in [4.78, 5) is 8.34. The summed E-state index contributed by atoms with van der Waals surface area (Å²) >= 11 is 1.61. The lowest BCUT2D eigenvalue weighted by Gasteiger charge is -2.21. The molecule has 17 heavy (non-hydrogen) atoms. The second-order valence-electron chi connectivity index (χ2n) is 3.54. The normalized spacial score (nSPS) is 14.1. The molecule has 5 nitrogen and oxygen atoms in total. The molecule has 0 spiro atoms. The minimum absolute atomic E-state index is 0.0897. The van der Waals surface area contributed by atoms with Crippen molar-refractivity contribution in [3.05, 3.63) is 12.3 Å². The molecule has 0 fully saturated rings. The van der Waals surface area contributed by atoms with Crippen LogP contribution in [0.3, 0.4) is 0 Å². The lowest BCUT2D eigenvalue weighted by molar-refractivity contribution is 0.288. The Morgan fingerprint density at radius 1 is 1.59 bits per heavy atom. The van der Waals surface area contributed by atoms with Crippen molar-refractivity contribution >= 4 is 17.7 Å². The van der Waals surface area contributed by atoms with E-state index in [1.165, 1.54) is 0 Å². The molecule has 0 aliphatic rings. The SMILES string of the molecule is CCOc1ccnc(NC(C)C(CO)SC)n1. The van der Waals surface area contributed by atoms with E-state index in [-0.39, 0.29) is 17.9 Å². The van der Waals surface area contributed by atoms with Crippen LogP contribution in [0.2, 0.25) is 0 Å². The molecule has 1 aromatic rings. The van der Waals surface area contributed by atoms with E-state index >= 15 is 0 Å². The number of anilines is 1. The quantitative estimate of drug-likeness (QED) is 0.769. The van der Waals surface area contributed by atoms with E-state index in [0.717, 1.165) is 0 Å². The number of hydrogen-bond donors (Lipinski definition) is 2. The first-order valence-electron chi connectivity index (χ1n) is 5.57. The number of ether oxygens (including phenoxy) is 1. The maximum atomic E-state index is 9.19. The summed E-state index contributed by atoms with van der Waals surface area (Å²) in [6, 6.07) is 1.81. The summed E-state index contributed by atoms with van der Waals surface area (Å²) in [6.07, 6.45) is 3.62. The Bertz CT molecular complexity index is 334. The Kier molecular flexibility index (Phi) is 6.07. The van der Waals surface area contributed by atoms with Gasteiger partial charge in [0.1, 0.15) is 0 Å². The summed E-state index contributed by atoms with van der Waals surface area (Å²) in [7, 11) is 0. The number of thioether (sulfide) groups is 1. The maximum absolute atomic E-state index is 9.19. The molecule has 96 valence electrons. The van der Waals surface area contributed by atoms with Gasteiger partial charge in [0.15, 0.2) is 0 Å². The molecule has 6 heteroatoms. The van der Waals surface area contributed by atoms with Crippen molar-refractivity contribution in [2.75, 3.05) is 24.8 Å². The van der Waals surface area contributed by atoms with Crippen molar-refractivity contribution in [2.45, 2.75) is 25.1 Å². The zero-order valence-corrected chi connectivity index (χ0v) is 11.2. The Balaban J connectivity index is 2.63. The average molecular weight is 257 g/mol. The van der Waals surface area contributed by atoms with Crippen molar-refractivity contribution < 1.29 is 9.84 Å². The zero-order valence-electron chi connectivity index (χ0n) is 10.4. The summed E-state index contributed by atoms with van der Waals surface area (Å²) in [5.74, 6) is 1.08. The topological polar surface area (TPSA) is 67.3 Å². The van der Waals surface area contributed by atoms with Crippen LogP contribution in [0, 0.1) is 0 Å². The van der Waals surface area contributed by atoms with Gasteiger partial charge < -0.3 is 15.2 Å². The first kappa shape index (κ1) is 14.1. The van der Waals surface area contributed by atoms with Crippen LogP contribution in [0.5, 0.6) is 5.88 Å².